The number of hydrogen-bond acceptors (Lipinski definition) is 2. The van der Waals surface area contributed by atoms with Crippen LogP contribution in [0.2, 0.25) is 0 Å². The monoisotopic (exact) mass is 274 g/mol. The van der Waals surface area contributed by atoms with Gasteiger partial charge in [-0.1, -0.05) is 37.1 Å². The molecule has 2 aliphatic rings. The van der Waals surface area contributed by atoms with E-state index in [9.17, 15) is 9.90 Å². The average molecular weight is 274 g/mol. The van der Waals surface area contributed by atoms with E-state index in [1.807, 2.05) is 18.2 Å². The van der Waals surface area contributed by atoms with Crippen molar-refractivity contribution in [3.63, 3.8) is 0 Å². The minimum atomic E-state index is -0.644. The van der Waals surface area contributed by atoms with Gasteiger partial charge in [-0.05, 0) is 42.7 Å². The molecule has 108 valence electrons. The highest BCUT2D eigenvalue weighted by molar-refractivity contribution is 5.82. The first-order valence-electron chi connectivity index (χ1n) is 7.64. The second-order valence-corrected chi connectivity index (χ2v) is 6.07. The lowest BCUT2D eigenvalue weighted by Crippen LogP contribution is -2.34. The van der Waals surface area contributed by atoms with E-state index in [1.54, 1.807) is 0 Å². The Labute approximate surface area is 120 Å². The molecule has 1 heterocycles. The van der Waals surface area contributed by atoms with Gasteiger partial charge < -0.3 is 9.84 Å². The molecule has 3 nitrogen and oxygen atoms in total. The molecular formula is C17H22O3. The number of rotatable bonds is 3. The fourth-order valence-corrected chi connectivity index (χ4v) is 3.87. The number of benzene rings is 1. The third-order valence-corrected chi connectivity index (χ3v) is 5.00. The van der Waals surface area contributed by atoms with Crippen molar-refractivity contribution in [1.29, 1.82) is 0 Å². The minimum absolute atomic E-state index is 0.455. The molecule has 1 saturated heterocycles. The summed E-state index contributed by atoms with van der Waals surface area (Å²) in [5.74, 6) is -0.189. The summed E-state index contributed by atoms with van der Waals surface area (Å²) in [5.41, 5.74) is 1.67. The summed E-state index contributed by atoms with van der Waals surface area (Å²) in [6.45, 7) is 1.58. The quantitative estimate of drug-likeness (QED) is 0.918. The van der Waals surface area contributed by atoms with Crippen LogP contribution >= 0.6 is 0 Å². The molecule has 0 radical (unpaired) electrons. The zero-order valence-corrected chi connectivity index (χ0v) is 11.8. The van der Waals surface area contributed by atoms with E-state index in [-0.39, 0.29) is 0 Å². The Hall–Kier alpha value is -1.35. The number of carboxylic acids is 1. The van der Waals surface area contributed by atoms with Gasteiger partial charge in [-0.15, -0.1) is 0 Å². The van der Waals surface area contributed by atoms with E-state index in [2.05, 4.69) is 6.07 Å². The van der Waals surface area contributed by atoms with Crippen molar-refractivity contribution >= 4 is 5.97 Å². The van der Waals surface area contributed by atoms with Crippen LogP contribution in [0.3, 0.4) is 0 Å². The molecule has 0 unspecified atom stereocenters. The highest BCUT2D eigenvalue weighted by Crippen LogP contribution is 2.45. The predicted molar refractivity (Wildman–Crippen MR) is 77.0 cm³/mol. The van der Waals surface area contributed by atoms with Crippen LogP contribution in [0, 0.1) is 0 Å². The maximum Gasteiger partial charge on any atom is 0.314 e. The van der Waals surface area contributed by atoms with E-state index in [0.717, 1.165) is 57.3 Å². The molecule has 0 atom stereocenters. The Bertz CT molecular complexity index is 483. The van der Waals surface area contributed by atoms with E-state index in [0.29, 0.717) is 5.92 Å². The van der Waals surface area contributed by atoms with E-state index in [1.165, 1.54) is 5.56 Å². The topological polar surface area (TPSA) is 46.5 Å². The molecule has 1 saturated carbocycles. The summed E-state index contributed by atoms with van der Waals surface area (Å²) < 4.78 is 5.44. The van der Waals surface area contributed by atoms with Crippen molar-refractivity contribution < 1.29 is 14.6 Å². The SMILES string of the molecule is O=C(O)C1(c2ccccc2C2CCOCC2)CCCC1. The Morgan fingerprint density at radius 2 is 1.80 bits per heavy atom. The Balaban J connectivity index is 2.02. The number of ether oxygens (including phenoxy) is 1. The summed E-state index contributed by atoms with van der Waals surface area (Å²) in [5, 5.41) is 9.82. The summed E-state index contributed by atoms with van der Waals surface area (Å²) in [6, 6.07) is 8.21. The van der Waals surface area contributed by atoms with Gasteiger partial charge in [0, 0.05) is 13.2 Å². The molecular weight excluding hydrogens is 252 g/mol. The summed E-state index contributed by atoms with van der Waals surface area (Å²) >= 11 is 0. The van der Waals surface area contributed by atoms with Gasteiger partial charge in [-0.3, -0.25) is 4.79 Å². The highest BCUT2D eigenvalue weighted by atomic mass is 16.5. The lowest BCUT2D eigenvalue weighted by atomic mass is 9.73. The van der Waals surface area contributed by atoms with Gasteiger partial charge in [0.2, 0.25) is 0 Å². The van der Waals surface area contributed by atoms with Gasteiger partial charge in [0.05, 0.1) is 5.41 Å². The number of carbonyl (C=O) groups is 1. The van der Waals surface area contributed by atoms with Crippen molar-refractivity contribution in [3.05, 3.63) is 35.4 Å². The van der Waals surface area contributed by atoms with E-state index in [4.69, 9.17) is 4.74 Å². The first-order chi connectivity index (χ1) is 9.74. The molecule has 20 heavy (non-hydrogen) atoms. The molecule has 0 aromatic heterocycles. The van der Waals surface area contributed by atoms with Gasteiger partial charge in [-0.25, -0.2) is 0 Å². The molecule has 1 aliphatic carbocycles. The van der Waals surface area contributed by atoms with Gasteiger partial charge >= 0.3 is 5.97 Å². The van der Waals surface area contributed by atoms with E-state index < -0.39 is 11.4 Å². The number of hydrogen-bond donors (Lipinski definition) is 1. The summed E-state index contributed by atoms with van der Waals surface area (Å²) in [6.07, 6.45) is 5.62. The van der Waals surface area contributed by atoms with Crippen LogP contribution in [0.4, 0.5) is 0 Å². The molecule has 1 aliphatic heterocycles. The molecule has 0 amide bonds. The Kier molecular flexibility index (Phi) is 3.79. The molecule has 3 heteroatoms. The van der Waals surface area contributed by atoms with Crippen molar-refractivity contribution in [2.24, 2.45) is 0 Å². The number of carboxylic acid groups (broad SMARTS) is 1. The first kappa shape index (κ1) is 13.6. The third kappa shape index (κ3) is 2.24. The van der Waals surface area contributed by atoms with Crippen LogP contribution in [0.5, 0.6) is 0 Å². The summed E-state index contributed by atoms with van der Waals surface area (Å²) in [7, 11) is 0. The van der Waals surface area contributed by atoms with Crippen LogP contribution in [0.15, 0.2) is 24.3 Å². The Morgan fingerprint density at radius 3 is 2.45 bits per heavy atom. The fourth-order valence-electron chi connectivity index (χ4n) is 3.87. The van der Waals surface area contributed by atoms with Crippen LogP contribution < -0.4 is 0 Å². The first-order valence-corrected chi connectivity index (χ1v) is 7.64. The van der Waals surface area contributed by atoms with Gasteiger partial charge in [0.15, 0.2) is 0 Å². The van der Waals surface area contributed by atoms with Crippen molar-refractivity contribution in [3.8, 4) is 0 Å². The van der Waals surface area contributed by atoms with Crippen LogP contribution in [0.25, 0.3) is 0 Å². The second kappa shape index (κ2) is 5.57. The van der Waals surface area contributed by atoms with E-state index >= 15 is 0 Å². The van der Waals surface area contributed by atoms with Crippen LogP contribution in [0.1, 0.15) is 55.6 Å². The average Bonchev–Trinajstić information content (AvgIpc) is 2.99. The lowest BCUT2D eigenvalue weighted by Gasteiger charge is -2.31. The maximum atomic E-state index is 11.9. The normalized spacial score (nSPS) is 22.8. The summed E-state index contributed by atoms with van der Waals surface area (Å²) in [4.78, 5) is 11.9. The van der Waals surface area contributed by atoms with Crippen LogP contribution in [-0.4, -0.2) is 24.3 Å². The minimum Gasteiger partial charge on any atom is -0.481 e. The van der Waals surface area contributed by atoms with Gasteiger partial charge in [0.25, 0.3) is 0 Å². The predicted octanol–water partition coefficient (Wildman–Crippen LogP) is 3.48. The van der Waals surface area contributed by atoms with Crippen molar-refractivity contribution in [2.75, 3.05) is 13.2 Å². The van der Waals surface area contributed by atoms with Gasteiger partial charge in [0.1, 0.15) is 0 Å². The molecule has 1 aromatic carbocycles. The number of aliphatic carboxylic acids is 1. The standard InChI is InChI=1S/C17H22O3/c18-16(19)17(9-3-4-10-17)15-6-2-1-5-14(15)13-7-11-20-12-8-13/h1-2,5-6,13H,3-4,7-12H2,(H,18,19). The molecule has 0 bridgehead atoms. The van der Waals surface area contributed by atoms with Gasteiger partial charge in [-0.2, -0.15) is 0 Å². The maximum absolute atomic E-state index is 11.9. The molecule has 1 aromatic rings. The smallest absolute Gasteiger partial charge is 0.314 e. The molecule has 0 spiro atoms. The lowest BCUT2D eigenvalue weighted by molar-refractivity contribution is -0.143. The molecule has 1 N–H and O–H groups in total. The zero-order valence-electron chi connectivity index (χ0n) is 11.8. The zero-order chi connectivity index (χ0) is 14.0. The molecule has 3 rings (SSSR count). The largest absolute Gasteiger partial charge is 0.481 e. The third-order valence-electron chi connectivity index (χ3n) is 5.00. The highest BCUT2D eigenvalue weighted by Gasteiger charge is 2.44. The van der Waals surface area contributed by atoms with Crippen molar-refractivity contribution in [2.45, 2.75) is 49.9 Å². The molecule has 2 fully saturated rings. The van der Waals surface area contributed by atoms with Crippen molar-refractivity contribution in [1.82, 2.24) is 0 Å². The van der Waals surface area contributed by atoms with Crippen LogP contribution in [-0.2, 0) is 14.9 Å². The Morgan fingerprint density at radius 1 is 1.15 bits per heavy atom. The fraction of sp³-hybridized carbons (Fsp3) is 0.588. The second-order valence-electron chi connectivity index (χ2n) is 6.07.